The molecule has 2 aromatic rings. The first-order valence-electron chi connectivity index (χ1n) is 9.95. The zero-order chi connectivity index (χ0) is 20.1. The van der Waals surface area contributed by atoms with Gasteiger partial charge in [-0.15, -0.1) is 24.0 Å². The van der Waals surface area contributed by atoms with Gasteiger partial charge in [0.1, 0.15) is 0 Å². The number of nitrogens with two attached hydrogens (primary N) is 1. The van der Waals surface area contributed by atoms with Crippen LogP contribution in [0.3, 0.4) is 0 Å². The molecule has 1 amide bonds. The van der Waals surface area contributed by atoms with Gasteiger partial charge in [0.05, 0.1) is 13.2 Å². The van der Waals surface area contributed by atoms with E-state index >= 15 is 0 Å². The number of carbonyl (C=O) groups excluding carboxylic acids is 1. The van der Waals surface area contributed by atoms with Crippen molar-refractivity contribution in [2.75, 3.05) is 31.6 Å². The summed E-state index contributed by atoms with van der Waals surface area (Å²) < 4.78 is 11.3. The van der Waals surface area contributed by atoms with E-state index in [1.165, 1.54) is 0 Å². The highest BCUT2D eigenvalue weighted by Crippen LogP contribution is 2.32. The second kappa shape index (κ2) is 10.5. The van der Waals surface area contributed by atoms with Crippen LogP contribution < -0.4 is 20.5 Å². The summed E-state index contributed by atoms with van der Waals surface area (Å²) in [6, 6.07) is 15.7. The minimum absolute atomic E-state index is 0. The lowest BCUT2D eigenvalue weighted by molar-refractivity contribution is -0.128. The molecule has 1 unspecified atom stereocenters. The predicted octanol–water partition coefficient (Wildman–Crippen LogP) is 3.24. The van der Waals surface area contributed by atoms with E-state index in [2.05, 4.69) is 10.3 Å². The number of aliphatic imine (C=N–C) groups is 1. The average Bonchev–Trinajstić information content (AvgIpc) is 2.92. The fourth-order valence-electron chi connectivity index (χ4n) is 3.59. The van der Waals surface area contributed by atoms with Gasteiger partial charge in [-0.3, -0.25) is 9.79 Å². The average molecular weight is 522 g/mol. The molecule has 1 saturated heterocycles. The maximum atomic E-state index is 12.3. The second-order valence-electron chi connectivity index (χ2n) is 7.39. The predicted molar refractivity (Wildman–Crippen MR) is 128 cm³/mol. The largest absolute Gasteiger partial charge is 0.490 e. The molecule has 160 valence electrons. The van der Waals surface area contributed by atoms with Crippen LogP contribution in [0.25, 0.3) is 0 Å². The van der Waals surface area contributed by atoms with E-state index in [0.717, 1.165) is 23.4 Å². The normalized spacial score (nSPS) is 18.5. The summed E-state index contributed by atoms with van der Waals surface area (Å²) in [5.41, 5.74) is 7.99. The van der Waals surface area contributed by atoms with Crippen LogP contribution in [0, 0.1) is 5.92 Å². The third kappa shape index (κ3) is 5.78. The van der Waals surface area contributed by atoms with Crippen LogP contribution in [0.1, 0.15) is 18.4 Å². The Hall–Kier alpha value is -2.49. The summed E-state index contributed by atoms with van der Waals surface area (Å²) >= 11 is 0. The number of ether oxygens (including phenoxy) is 2. The van der Waals surface area contributed by atoms with Gasteiger partial charge in [-0.25, -0.2) is 0 Å². The van der Waals surface area contributed by atoms with Gasteiger partial charge in [0.2, 0.25) is 5.91 Å². The van der Waals surface area contributed by atoms with Gasteiger partial charge in [0, 0.05) is 50.1 Å². The Kier molecular flexibility index (Phi) is 7.78. The molecule has 8 heteroatoms. The Morgan fingerprint density at radius 2 is 1.90 bits per heavy atom. The number of likely N-dealkylation sites (tertiary alicyclic amines) is 1. The van der Waals surface area contributed by atoms with Crippen molar-refractivity contribution in [2.24, 2.45) is 16.6 Å². The van der Waals surface area contributed by atoms with Crippen molar-refractivity contribution in [1.82, 2.24) is 4.90 Å². The Balaban J connectivity index is 0.00000256. The van der Waals surface area contributed by atoms with E-state index in [0.29, 0.717) is 51.0 Å². The lowest BCUT2D eigenvalue weighted by atomic mass is 10.1. The third-order valence-electron chi connectivity index (χ3n) is 5.05. The van der Waals surface area contributed by atoms with Crippen molar-refractivity contribution in [3.8, 4) is 11.5 Å². The molecular weight excluding hydrogens is 495 g/mol. The fourth-order valence-corrected chi connectivity index (χ4v) is 3.59. The smallest absolute Gasteiger partial charge is 0.223 e. The summed E-state index contributed by atoms with van der Waals surface area (Å²) in [5, 5.41) is 3.09. The number of guanidine groups is 1. The molecule has 1 atom stereocenters. The number of hydrogen-bond acceptors (Lipinski definition) is 4. The molecule has 3 N–H and O–H groups in total. The van der Waals surface area contributed by atoms with Crippen LogP contribution in [0.4, 0.5) is 5.69 Å². The van der Waals surface area contributed by atoms with Crippen molar-refractivity contribution in [1.29, 1.82) is 0 Å². The molecule has 0 spiro atoms. The molecule has 1 fully saturated rings. The molecule has 7 nitrogen and oxygen atoms in total. The minimum atomic E-state index is 0. The number of nitrogens with one attached hydrogen (secondary N) is 1. The van der Waals surface area contributed by atoms with Crippen molar-refractivity contribution >= 4 is 41.5 Å². The number of carbonyl (C=O) groups is 1. The summed E-state index contributed by atoms with van der Waals surface area (Å²) in [4.78, 5) is 18.6. The van der Waals surface area contributed by atoms with E-state index in [1.807, 2.05) is 53.4 Å². The Labute approximate surface area is 193 Å². The maximum absolute atomic E-state index is 12.3. The van der Waals surface area contributed by atoms with Crippen LogP contribution in [0.15, 0.2) is 53.5 Å². The highest BCUT2D eigenvalue weighted by molar-refractivity contribution is 14.0. The zero-order valence-electron chi connectivity index (χ0n) is 16.8. The van der Waals surface area contributed by atoms with Gasteiger partial charge >= 0.3 is 0 Å². The standard InChI is InChI=1S/C22H26N4O3.HI/c23-22(25-18-7-8-19-20(12-18)29-10-4-9-28-19)24-13-17-11-21(27)26(15-17)14-16-5-2-1-3-6-16;/h1-3,5-8,12,17H,4,9-11,13-15H2,(H3,23,24,25);1H. The number of halogens is 1. The third-order valence-corrected chi connectivity index (χ3v) is 5.05. The number of hydrogen-bond donors (Lipinski definition) is 2. The van der Waals surface area contributed by atoms with Crippen molar-refractivity contribution < 1.29 is 14.3 Å². The molecule has 2 aliphatic rings. The molecule has 0 bridgehead atoms. The monoisotopic (exact) mass is 522 g/mol. The molecule has 2 aliphatic heterocycles. The van der Waals surface area contributed by atoms with E-state index in [1.54, 1.807) is 0 Å². The molecule has 0 aliphatic carbocycles. The molecule has 0 radical (unpaired) electrons. The molecule has 0 saturated carbocycles. The van der Waals surface area contributed by atoms with E-state index in [-0.39, 0.29) is 35.8 Å². The number of amides is 1. The van der Waals surface area contributed by atoms with Crippen molar-refractivity contribution in [3.63, 3.8) is 0 Å². The Morgan fingerprint density at radius 1 is 1.13 bits per heavy atom. The minimum Gasteiger partial charge on any atom is -0.490 e. The van der Waals surface area contributed by atoms with Crippen molar-refractivity contribution in [2.45, 2.75) is 19.4 Å². The maximum Gasteiger partial charge on any atom is 0.223 e. The Morgan fingerprint density at radius 3 is 2.70 bits per heavy atom. The van der Waals surface area contributed by atoms with Crippen LogP contribution in [0.5, 0.6) is 11.5 Å². The topological polar surface area (TPSA) is 89.2 Å². The van der Waals surface area contributed by atoms with Crippen LogP contribution >= 0.6 is 24.0 Å². The van der Waals surface area contributed by atoms with Crippen LogP contribution in [-0.4, -0.2) is 43.1 Å². The van der Waals surface area contributed by atoms with Gasteiger partial charge in [0.25, 0.3) is 0 Å². The molecule has 30 heavy (non-hydrogen) atoms. The van der Waals surface area contributed by atoms with E-state index < -0.39 is 0 Å². The van der Waals surface area contributed by atoms with Gasteiger partial charge < -0.3 is 25.4 Å². The highest BCUT2D eigenvalue weighted by Gasteiger charge is 2.29. The molecular formula is C22H27IN4O3. The van der Waals surface area contributed by atoms with Gasteiger partial charge in [-0.05, 0) is 17.7 Å². The molecule has 2 heterocycles. The quantitative estimate of drug-likeness (QED) is 0.358. The Bertz CT molecular complexity index is 891. The molecule has 2 aromatic carbocycles. The molecule has 0 aromatic heterocycles. The number of fused-ring (bicyclic) bond motifs is 1. The van der Waals surface area contributed by atoms with Crippen LogP contribution in [0.2, 0.25) is 0 Å². The second-order valence-corrected chi connectivity index (χ2v) is 7.39. The summed E-state index contributed by atoms with van der Waals surface area (Å²) in [7, 11) is 0. The lowest BCUT2D eigenvalue weighted by Gasteiger charge is -2.16. The first kappa shape index (κ1) is 22.2. The lowest BCUT2D eigenvalue weighted by Crippen LogP contribution is -2.26. The first-order chi connectivity index (χ1) is 14.2. The van der Waals surface area contributed by atoms with Gasteiger partial charge in [-0.2, -0.15) is 0 Å². The number of benzene rings is 2. The van der Waals surface area contributed by atoms with Gasteiger partial charge in [0.15, 0.2) is 17.5 Å². The number of anilines is 1. The number of rotatable bonds is 5. The zero-order valence-corrected chi connectivity index (χ0v) is 19.1. The van der Waals surface area contributed by atoms with Crippen LogP contribution in [-0.2, 0) is 11.3 Å². The highest BCUT2D eigenvalue weighted by atomic mass is 127. The SMILES string of the molecule is I.NC(=NCC1CC(=O)N(Cc2ccccc2)C1)Nc1ccc2c(c1)OCCCO2. The number of nitrogens with zero attached hydrogens (tertiary/aromatic N) is 2. The summed E-state index contributed by atoms with van der Waals surface area (Å²) in [6.45, 7) is 3.15. The van der Waals surface area contributed by atoms with E-state index in [9.17, 15) is 4.79 Å². The summed E-state index contributed by atoms with van der Waals surface area (Å²) in [6.07, 6.45) is 1.37. The van der Waals surface area contributed by atoms with Gasteiger partial charge in [-0.1, -0.05) is 30.3 Å². The molecule has 4 rings (SSSR count). The summed E-state index contributed by atoms with van der Waals surface area (Å²) in [5.74, 6) is 2.12. The van der Waals surface area contributed by atoms with Crippen molar-refractivity contribution in [3.05, 3.63) is 54.1 Å². The fraction of sp³-hybridized carbons (Fsp3) is 0.364. The van der Waals surface area contributed by atoms with E-state index in [4.69, 9.17) is 15.2 Å². The first-order valence-corrected chi connectivity index (χ1v) is 9.95.